The van der Waals surface area contributed by atoms with Gasteiger partial charge in [-0.2, -0.15) is 5.10 Å². The highest BCUT2D eigenvalue weighted by Crippen LogP contribution is 2.32. The predicted octanol–water partition coefficient (Wildman–Crippen LogP) is 3.92. The van der Waals surface area contributed by atoms with Crippen LogP contribution in [-0.2, 0) is 0 Å². The molecule has 32 heavy (non-hydrogen) atoms. The monoisotopic (exact) mass is 428 g/mol. The number of fused-ring (bicyclic) bond motifs is 4. The lowest BCUT2D eigenvalue weighted by atomic mass is 10.1. The van der Waals surface area contributed by atoms with E-state index in [0.717, 1.165) is 16.8 Å². The van der Waals surface area contributed by atoms with Crippen molar-refractivity contribution in [3.8, 4) is 28.3 Å². The predicted molar refractivity (Wildman–Crippen MR) is 117 cm³/mol. The van der Waals surface area contributed by atoms with Crippen LogP contribution in [0.3, 0.4) is 0 Å². The summed E-state index contributed by atoms with van der Waals surface area (Å²) in [5, 5.41) is 5.05. The first-order valence-electron chi connectivity index (χ1n) is 10.2. The molecule has 2 aromatic carbocycles. The van der Waals surface area contributed by atoms with Gasteiger partial charge in [0.15, 0.2) is 17.1 Å². The zero-order valence-corrected chi connectivity index (χ0v) is 17.1. The summed E-state index contributed by atoms with van der Waals surface area (Å²) in [6.07, 6.45) is 3.28. The van der Waals surface area contributed by atoms with Crippen molar-refractivity contribution in [2.75, 3.05) is 13.2 Å². The molecule has 1 aliphatic heterocycles. The second-order valence-corrected chi connectivity index (χ2v) is 7.58. The molecule has 0 saturated heterocycles. The number of hydrogen-bond donors (Lipinski definition) is 0. The zero-order valence-electron chi connectivity index (χ0n) is 17.1. The summed E-state index contributed by atoms with van der Waals surface area (Å²) < 4.78 is 27.8. The van der Waals surface area contributed by atoms with E-state index in [1.807, 2.05) is 19.1 Å². The van der Waals surface area contributed by atoms with Gasteiger partial charge in [0.2, 0.25) is 0 Å². The molecule has 0 atom stereocenters. The number of rotatable bonds is 2. The molecule has 0 aliphatic carbocycles. The fraction of sp³-hybridized carbons (Fsp3) is 0.125. The fourth-order valence-corrected chi connectivity index (χ4v) is 4.12. The summed E-state index contributed by atoms with van der Waals surface area (Å²) in [5.41, 5.74) is 4.07. The Morgan fingerprint density at radius 2 is 1.78 bits per heavy atom. The first-order valence-corrected chi connectivity index (χ1v) is 10.2. The lowest BCUT2D eigenvalue weighted by molar-refractivity contribution is 0.171. The third-order valence-electron chi connectivity index (χ3n) is 5.62. The van der Waals surface area contributed by atoms with Crippen LogP contribution in [0.5, 0.6) is 11.5 Å². The minimum Gasteiger partial charge on any atom is -0.486 e. The molecule has 5 aromatic rings. The minimum atomic E-state index is -0.305. The van der Waals surface area contributed by atoms with Crippen molar-refractivity contribution in [3.63, 3.8) is 0 Å². The second-order valence-electron chi connectivity index (χ2n) is 7.58. The largest absolute Gasteiger partial charge is 0.486 e. The van der Waals surface area contributed by atoms with E-state index in [2.05, 4.69) is 10.1 Å². The van der Waals surface area contributed by atoms with E-state index >= 15 is 0 Å². The van der Waals surface area contributed by atoms with Gasteiger partial charge in [-0.15, -0.1) is 0 Å². The maximum absolute atomic E-state index is 13.4. The Bertz CT molecular complexity index is 1570. The number of nitrogens with zero attached hydrogens (tertiary/aromatic N) is 4. The van der Waals surface area contributed by atoms with E-state index < -0.39 is 0 Å². The molecule has 8 heteroatoms. The molecule has 0 amide bonds. The number of hydrogen-bond acceptors (Lipinski definition) is 5. The maximum atomic E-state index is 13.4. The highest BCUT2D eigenvalue weighted by atomic mass is 19.1. The van der Waals surface area contributed by atoms with Crippen LogP contribution in [0.1, 0.15) is 5.69 Å². The average molecular weight is 428 g/mol. The van der Waals surface area contributed by atoms with Crippen LogP contribution in [0, 0.1) is 12.7 Å². The zero-order chi connectivity index (χ0) is 21.8. The number of aryl methyl sites for hydroxylation is 1. The smallest absolute Gasteiger partial charge is 0.266 e. The summed E-state index contributed by atoms with van der Waals surface area (Å²) in [5.74, 6) is 0.972. The van der Waals surface area contributed by atoms with E-state index in [1.54, 1.807) is 45.7 Å². The topological polar surface area (TPSA) is 70.7 Å². The Morgan fingerprint density at radius 3 is 2.59 bits per heavy atom. The highest BCUT2D eigenvalue weighted by Gasteiger charge is 2.18. The van der Waals surface area contributed by atoms with Crippen LogP contribution in [0.25, 0.3) is 33.4 Å². The molecule has 7 nitrogen and oxygen atoms in total. The molecule has 0 spiro atoms. The molecular weight excluding hydrogens is 411 g/mol. The summed E-state index contributed by atoms with van der Waals surface area (Å²) >= 11 is 0. The third-order valence-corrected chi connectivity index (χ3v) is 5.62. The Morgan fingerprint density at radius 1 is 1.00 bits per heavy atom. The standard InChI is InChI=1S/C24H17FN4O3/c1-14-22(15-2-4-16(25)5-3-15)23-26-13-18-19(29(23)27-14)8-9-28(24(18)30)17-6-7-20-21(12-17)32-11-10-31-20/h2-9,12-13H,10-11H2,1H3. The van der Waals surface area contributed by atoms with Gasteiger partial charge in [-0.3, -0.25) is 9.36 Å². The second kappa shape index (κ2) is 6.91. The van der Waals surface area contributed by atoms with Crippen molar-refractivity contribution in [3.05, 3.63) is 82.8 Å². The highest BCUT2D eigenvalue weighted by molar-refractivity contribution is 5.86. The van der Waals surface area contributed by atoms with Gasteiger partial charge in [0, 0.05) is 24.0 Å². The van der Waals surface area contributed by atoms with Crippen molar-refractivity contribution >= 4 is 16.6 Å². The summed E-state index contributed by atoms with van der Waals surface area (Å²) in [7, 11) is 0. The van der Waals surface area contributed by atoms with Crippen LogP contribution in [0.15, 0.2) is 65.7 Å². The molecule has 1 aliphatic rings. The fourth-order valence-electron chi connectivity index (χ4n) is 4.12. The summed E-state index contributed by atoms with van der Waals surface area (Å²) in [6.45, 7) is 2.85. The van der Waals surface area contributed by atoms with Crippen molar-refractivity contribution < 1.29 is 13.9 Å². The Balaban J connectivity index is 1.53. The lowest BCUT2D eigenvalue weighted by Crippen LogP contribution is -2.20. The first-order chi connectivity index (χ1) is 15.6. The van der Waals surface area contributed by atoms with Gasteiger partial charge in [-0.25, -0.2) is 13.9 Å². The molecule has 158 valence electrons. The molecule has 0 bridgehead atoms. The molecular formula is C24H17FN4O3. The van der Waals surface area contributed by atoms with Gasteiger partial charge in [0.05, 0.1) is 22.3 Å². The van der Waals surface area contributed by atoms with Gasteiger partial charge in [0.1, 0.15) is 19.0 Å². The van der Waals surface area contributed by atoms with Crippen LogP contribution in [0.2, 0.25) is 0 Å². The van der Waals surface area contributed by atoms with Crippen molar-refractivity contribution in [2.24, 2.45) is 0 Å². The number of aromatic nitrogens is 4. The lowest BCUT2D eigenvalue weighted by Gasteiger charge is -2.19. The van der Waals surface area contributed by atoms with E-state index in [9.17, 15) is 9.18 Å². The molecule has 0 radical (unpaired) electrons. The molecule has 0 N–H and O–H groups in total. The van der Waals surface area contributed by atoms with Crippen molar-refractivity contribution in [1.82, 2.24) is 19.2 Å². The van der Waals surface area contributed by atoms with E-state index in [0.29, 0.717) is 47.0 Å². The average Bonchev–Trinajstić information content (AvgIpc) is 3.16. The van der Waals surface area contributed by atoms with Crippen molar-refractivity contribution in [2.45, 2.75) is 6.92 Å². The Hall–Kier alpha value is -4.20. The number of halogens is 1. The van der Waals surface area contributed by atoms with Crippen LogP contribution in [0.4, 0.5) is 4.39 Å². The number of pyridine rings is 1. The quantitative estimate of drug-likeness (QED) is 0.426. The number of benzene rings is 2. The minimum absolute atomic E-state index is 0.218. The van der Waals surface area contributed by atoms with Gasteiger partial charge >= 0.3 is 0 Å². The maximum Gasteiger partial charge on any atom is 0.266 e. The molecule has 0 unspecified atom stereocenters. The molecule has 4 heterocycles. The van der Waals surface area contributed by atoms with E-state index in [-0.39, 0.29) is 11.4 Å². The molecule has 0 fully saturated rings. The van der Waals surface area contributed by atoms with Crippen molar-refractivity contribution in [1.29, 1.82) is 0 Å². The Kier molecular flexibility index (Phi) is 4.01. The number of ether oxygens (including phenoxy) is 2. The van der Waals surface area contributed by atoms with Gasteiger partial charge in [0.25, 0.3) is 5.56 Å². The Labute approximate surface area is 181 Å². The SMILES string of the molecule is Cc1nn2c(ncc3c(=O)n(-c4ccc5c(c4)OCCO5)ccc32)c1-c1ccc(F)cc1. The summed E-state index contributed by atoms with van der Waals surface area (Å²) in [4.78, 5) is 17.9. The third kappa shape index (κ3) is 2.76. The molecule has 0 saturated carbocycles. The van der Waals surface area contributed by atoms with Crippen LogP contribution < -0.4 is 15.0 Å². The van der Waals surface area contributed by atoms with Gasteiger partial charge in [-0.1, -0.05) is 12.1 Å². The molecule has 6 rings (SSSR count). The van der Waals surface area contributed by atoms with Gasteiger partial charge < -0.3 is 9.47 Å². The van der Waals surface area contributed by atoms with Crippen LogP contribution in [-0.4, -0.2) is 32.4 Å². The normalized spacial score (nSPS) is 13.1. The molecule has 3 aromatic heterocycles. The first kappa shape index (κ1) is 18.6. The van der Waals surface area contributed by atoms with Gasteiger partial charge in [-0.05, 0) is 42.8 Å². The van der Waals surface area contributed by atoms with E-state index in [4.69, 9.17) is 9.47 Å². The summed E-state index contributed by atoms with van der Waals surface area (Å²) in [6, 6.07) is 13.5. The van der Waals surface area contributed by atoms with Crippen LogP contribution >= 0.6 is 0 Å². The van der Waals surface area contributed by atoms with E-state index in [1.165, 1.54) is 12.1 Å².